The Balaban J connectivity index is 1.38. The molecule has 7 heteroatoms. The van der Waals surface area contributed by atoms with Crippen molar-refractivity contribution in [1.82, 2.24) is 19.9 Å². The summed E-state index contributed by atoms with van der Waals surface area (Å²) in [4.78, 5) is 14.2. The Morgan fingerprint density at radius 3 is 2.96 bits per heavy atom. The molecule has 0 radical (unpaired) electrons. The molecule has 1 aliphatic carbocycles. The van der Waals surface area contributed by atoms with E-state index >= 15 is 0 Å². The number of anilines is 1. The van der Waals surface area contributed by atoms with Crippen molar-refractivity contribution in [2.24, 2.45) is 0 Å². The van der Waals surface area contributed by atoms with Crippen molar-refractivity contribution in [1.29, 1.82) is 0 Å². The molecular weight excluding hydrogens is 314 g/mol. The summed E-state index contributed by atoms with van der Waals surface area (Å²) < 4.78 is 1.92. The molecule has 1 saturated carbocycles. The van der Waals surface area contributed by atoms with Gasteiger partial charge < -0.3 is 10.2 Å². The highest BCUT2D eigenvalue weighted by molar-refractivity contribution is 6.30. The quantitative estimate of drug-likeness (QED) is 0.938. The van der Waals surface area contributed by atoms with Gasteiger partial charge in [0, 0.05) is 35.9 Å². The van der Waals surface area contributed by atoms with E-state index in [4.69, 9.17) is 11.6 Å². The van der Waals surface area contributed by atoms with Gasteiger partial charge in [0.25, 0.3) is 0 Å². The lowest BCUT2D eigenvalue weighted by molar-refractivity contribution is 0.220. The summed E-state index contributed by atoms with van der Waals surface area (Å²) in [5.74, 6) is 0.604. The van der Waals surface area contributed by atoms with Crippen molar-refractivity contribution in [3.8, 4) is 0 Å². The number of aromatic nitrogens is 3. The molecule has 1 aliphatic heterocycles. The number of nitrogens with one attached hydrogen (secondary N) is 1. The monoisotopic (exact) mass is 331 g/mol. The molecule has 1 saturated heterocycles. The maximum absolute atomic E-state index is 12.4. The smallest absolute Gasteiger partial charge is 0.321 e. The second kappa shape index (κ2) is 5.85. The summed E-state index contributed by atoms with van der Waals surface area (Å²) in [5, 5.41) is 12.0. The van der Waals surface area contributed by atoms with E-state index in [0.29, 0.717) is 23.2 Å². The van der Waals surface area contributed by atoms with Crippen molar-refractivity contribution >= 4 is 23.3 Å². The lowest BCUT2D eigenvalue weighted by atomic mass is 10.2. The number of carbonyl (C=O) groups is 1. The van der Waals surface area contributed by atoms with Crippen molar-refractivity contribution in [2.45, 2.75) is 31.2 Å². The van der Waals surface area contributed by atoms with Gasteiger partial charge in [0.15, 0.2) is 0 Å². The Kier molecular flexibility index (Phi) is 3.69. The third-order valence-corrected chi connectivity index (χ3v) is 4.66. The van der Waals surface area contributed by atoms with E-state index in [-0.39, 0.29) is 12.1 Å². The maximum Gasteiger partial charge on any atom is 0.321 e. The van der Waals surface area contributed by atoms with Crippen LogP contribution in [0, 0.1) is 0 Å². The van der Waals surface area contributed by atoms with E-state index in [2.05, 4.69) is 15.6 Å². The molecule has 2 amide bonds. The van der Waals surface area contributed by atoms with Crippen LogP contribution in [0.15, 0.2) is 30.5 Å². The van der Waals surface area contributed by atoms with Crippen LogP contribution in [0.4, 0.5) is 10.5 Å². The first-order valence-corrected chi connectivity index (χ1v) is 8.30. The number of urea groups is 1. The molecule has 6 nitrogen and oxygen atoms in total. The first-order chi connectivity index (χ1) is 11.2. The van der Waals surface area contributed by atoms with Gasteiger partial charge in [0.2, 0.25) is 0 Å². The van der Waals surface area contributed by atoms with Crippen LogP contribution < -0.4 is 5.32 Å². The fourth-order valence-electron chi connectivity index (χ4n) is 2.95. The molecule has 4 rings (SSSR count). The minimum absolute atomic E-state index is 0.0997. The molecule has 23 heavy (non-hydrogen) atoms. The van der Waals surface area contributed by atoms with Gasteiger partial charge in [0.05, 0.1) is 11.7 Å². The second-order valence-corrected chi connectivity index (χ2v) is 6.66. The molecular formula is C16H18ClN5O. The lowest BCUT2D eigenvalue weighted by Gasteiger charge is -2.17. The van der Waals surface area contributed by atoms with Gasteiger partial charge in [-0.1, -0.05) is 22.9 Å². The van der Waals surface area contributed by atoms with Crippen LogP contribution in [-0.2, 0) is 0 Å². The summed E-state index contributed by atoms with van der Waals surface area (Å²) in [7, 11) is 0. The highest BCUT2D eigenvalue weighted by Gasteiger charge is 2.31. The average molecular weight is 332 g/mol. The number of rotatable bonds is 3. The van der Waals surface area contributed by atoms with Crippen LogP contribution in [0.25, 0.3) is 0 Å². The number of hydrogen-bond acceptors (Lipinski definition) is 3. The summed E-state index contributed by atoms with van der Waals surface area (Å²) >= 11 is 5.94. The SMILES string of the molecule is O=C(Nc1cccc(Cl)c1)N1CCC(n2cc(C3CC3)nn2)C1. The van der Waals surface area contributed by atoms with Crippen molar-refractivity contribution in [3.63, 3.8) is 0 Å². The second-order valence-electron chi connectivity index (χ2n) is 6.23. The predicted octanol–water partition coefficient (Wildman–Crippen LogP) is 3.29. The summed E-state index contributed by atoms with van der Waals surface area (Å²) in [6.45, 7) is 1.37. The Labute approximate surface area is 139 Å². The van der Waals surface area contributed by atoms with Crippen LogP contribution in [0.5, 0.6) is 0 Å². The Morgan fingerprint density at radius 2 is 2.17 bits per heavy atom. The first-order valence-electron chi connectivity index (χ1n) is 7.92. The largest absolute Gasteiger partial charge is 0.322 e. The molecule has 0 spiro atoms. The highest BCUT2D eigenvalue weighted by atomic mass is 35.5. The summed E-state index contributed by atoms with van der Waals surface area (Å²) in [6, 6.07) is 7.28. The van der Waals surface area contributed by atoms with Gasteiger partial charge in [0.1, 0.15) is 0 Å². The fraction of sp³-hybridized carbons (Fsp3) is 0.438. The van der Waals surface area contributed by atoms with Gasteiger partial charge in [-0.15, -0.1) is 5.10 Å². The Bertz CT molecular complexity index is 727. The lowest BCUT2D eigenvalue weighted by Crippen LogP contribution is -2.33. The zero-order valence-electron chi connectivity index (χ0n) is 12.7. The molecule has 1 atom stereocenters. The zero-order chi connectivity index (χ0) is 15.8. The molecule has 120 valence electrons. The van der Waals surface area contributed by atoms with E-state index in [1.54, 1.807) is 12.1 Å². The van der Waals surface area contributed by atoms with Crippen LogP contribution in [0.3, 0.4) is 0 Å². The van der Waals surface area contributed by atoms with Crippen molar-refractivity contribution < 1.29 is 4.79 Å². The molecule has 2 fully saturated rings. The molecule has 1 N–H and O–H groups in total. The number of benzene rings is 1. The number of halogens is 1. The average Bonchev–Trinajstić information content (AvgIpc) is 3.08. The van der Waals surface area contributed by atoms with Crippen molar-refractivity contribution in [3.05, 3.63) is 41.2 Å². The van der Waals surface area contributed by atoms with Crippen LogP contribution in [0.1, 0.15) is 36.9 Å². The maximum atomic E-state index is 12.4. The van der Waals surface area contributed by atoms with Crippen LogP contribution >= 0.6 is 11.6 Å². The molecule has 0 bridgehead atoms. The third kappa shape index (κ3) is 3.17. The van der Waals surface area contributed by atoms with Gasteiger partial charge in [-0.2, -0.15) is 0 Å². The Hall–Kier alpha value is -2.08. The molecule has 2 aliphatic rings. The third-order valence-electron chi connectivity index (χ3n) is 4.42. The van der Waals surface area contributed by atoms with Crippen molar-refractivity contribution in [2.75, 3.05) is 18.4 Å². The predicted molar refractivity (Wildman–Crippen MR) is 87.7 cm³/mol. The van der Waals surface area contributed by atoms with E-state index in [9.17, 15) is 4.79 Å². The molecule has 1 aromatic carbocycles. The topological polar surface area (TPSA) is 63.1 Å². The van der Waals surface area contributed by atoms with E-state index in [1.807, 2.05) is 27.9 Å². The van der Waals surface area contributed by atoms with E-state index < -0.39 is 0 Å². The van der Waals surface area contributed by atoms with Gasteiger partial charge >= 0.3 is 6.03 Å². The van der Waals surface area contributed by atoms with Gasteiger partial charge in [-0.05, 0) is 37.5 Å². The molecule has 1 unspecified atom stereocenters. The normalized spacial score (nSPS) is 20.7. The minimum atomic E-state index is -0.0997. The number of nitrogens with zero attached hydrogens (tertiary/aromatic N) is 4. The van der Waals surface area contributed by atoms with Gasteiger partial charge in [-0.3, -0.25) is 0 Å². The number of amides is 2. The van der Waals surface area contributed by atoms with Crippen LogP contribution in [0.2, 0.25) is 5.02 Å². The standard InChI is InChI=1S/C16H18ClN5O/c17-12-2-1-3-13(8-12)18-16(23)21-7-6-14(9-21)22-10-15(19-20-22)11-4-5-11/h1-3,8,10-11,14H,4-7,9H2,(H,18,23). The number of carbonyl (C=O) groups excluding carboxylic acids is 1. The molecule has 1 aromatic heterocycles. The van der Waals surface area contributed by atoms with E-state index in [0.717, 1.165) is 18.7 Å². The molecule has 2 aromatic rings. The fourth-order valence-corrected chi connectivity index (χ4v) is 3.14. The highest BCUT2D eigenvalue weighted by Crippen LogP contribution is 2.39. The number of likely N-dealkylation sites (tertiary alicyclic amines) is 1. The van der Waals surface area contributed by atoms with E-state index in [1.165, 1.54) is 12.8 Å². The zero-order valence-corrected chi connectivity index (χ0v) is 13.4. The minimum Gasteiger partial charge on any atom is -0.322 e. The summed E-state index contributed by atoms with van der Waals surface area (Å²) in [5.41, 5.74) is 1.80. The number of hydrogen-bond donors (Lipinski definition) is 1. The molecule has 2 heterocycles. The summed E-state index contributed by atoms with van der Waals surface area (Å²) in [6.07, 6.45) is 5.38. The van der Waals surface area contributed by atoms with Crippen LogP contribution in [-0.4, -0.2) is 39.0 Å². The van der Waals surface area contributed by atoms with Gasteiger partial charge in [-0.25, -0.2) is 9.48 Å². The Morgan fingerprint density at radius 1 is 1.30 bits per heavy atom. The first kappa shape index (κ1) is 14.5.